The number of aromatic nitrogens is 2. The third kappa shape index (κ3) is 4.05. The summed E-state index contributed by atoms with van der Waals surface area (Å²) in [5.41, 5.74) is 0.0591. The van der Waals surface area contributed by atoms with Crippen molar-refractivity contribution in [2.75, 3.05) is 13.1 Å². The van der Waals surface area contributed by atoms with Crippen LogP contribution in [0.5, 0.6) is 0 Å². The number of carbonyl (C=O) groups is 1. The van der Waals surface area contributed by atoms with E-state index in [1.165, 1.54) is 21.7 Å². The van der Waals surface area contributed by atoms with Crippen molar-refractivity contribution in [2.45, 2.75) is 25.4 Å². The summed E-state index contributed by atoms with van der Waals surface area (Å²) in [6.07, 6.45) is 2.04. The number of rotatable bonds is 4. The van der Waals surface area contributed by atoms with E-state index in [2.05, 4.69) is 32.8 Å². The van der Waals surface area contributed by atoms with Gasteiger partial charge in [-0.3, -0.25) is 14.5 Å². The fourth-order valence-corrected chi connectivity index (χ4v) is 3.57. The standard InChI is InChI=1S/C16H20N4O2S/c1-19-15(21)7-6-14(18-19)16(22)17-12-4-2-8-20(10-12)11-13-5-3-9-23-13/h3,5-7,9,12H,2,4,8,10-11H2,1H3,(H,17,22)/t12-/m1/s1. The number of aryl methyl sites for hydroxylation is 1. The molecule has 6 nitrogen and oxygen atoms in total. The largest absolute Gasteiger partial charge is 0.347 e. The van der Waals surface area contributed by atoms with Crippen molar-refractivity contribution in [3.63, 3.8) is 0 Å². The molecule has 3 rings (SSSR count). The second kappa shape index (κ2) is 7.06. The molecule has 0 bridgehead atoms. The lowest BCUT2D eigenvalue weighted by Crippen LogP contribution is -2.47. The first kappa shape index (κ1) is 15.9. The Labute approximate surface area is 138 Å². The molecule has 1 atom stereocenters. The van der Waals surface area contributed by atoms with Crippen LogP contribution in [-0.4, -0.2) is 39.7 Å². The van der Waals surface area contributed by atoms with Gasteiger partial charge >= 0.3 is 0 Å². The molecule has 0 saturated carbocycles. The molecule has 7 heteroatoms. The van der Waals surface area contributed by atoms with Gasteiger partial charge < -0.3 is 5.32 Å². The molecule has 0 aliphatic carbocycles. The first-order valence-electron chi connectivity index (χ1n) is 7.72. The van der Waals surface area contributed by atoms with E-state index < -0.39 is 0 Å². The number of likely N-dealkylation sites (tertiary alicyclic amines) is 1. The van der Waals surface area contributed by atoms with Gasteiger partial charge in [0.1, 0.15) is 5.69 Å². The predicted octanol–water partition coefficient (Wildman–Crippen LogP) is 1.24. The summed E-state index contributed by atoms with van der Waals surface area (Å²) < 4.78 is 1.18. The van der Waals surface area contributed by atoms with Crippen molar-refractivity contribution < 1.29 is 4.79 Å². The van der Waals surface area contributed by atoms with Gasteiger partial charge in [0, 0.05) is 37.1 Å². The van der Waals surface area contributed by atoms with Gasteiger partial charge in [-0.1, -0.05) is 6.07 Å². The minimum Gasteiger partial charge on any atom is -0.347 e. The molecule has 2 aromatic rings. The summed E-state index contributed by atoms with van der Waals surface area (Å²) in [7, 11) is 1.54. The number of carbonyl (C=O) groups excluding carboxylic acids is 1. The fourth-order valence-electron chi connectivity index (χ4n) is 2.82. The highest BCUT2D eigenvalue weighted by atomic mass is 32.1. The molecule has 1 aliphatic rings. The minimum atomic E-state index is -0.221. The van der Waals surface area contributed by atoms with E-state index in [1.807, 2.05) is 0 Å². The quantitative estimate of drug-likeness (QED) is 0.915. The number of nitrogens with one attached hydrogen (secondary N) is 1. The Balaban J connectivity index is 1.59. The molecule has 0 aromatic carbocycles. The molecule has 0 unspecified atom stereocenters. The van der Waals surface area contributed by atoms with Gasteiger partial charge in [-0.2, -0.15) is 5.10 Å². The first-order chi connectivity index (χ1) is 11.1. The highest BCUT2D eigenvalue weighted by molar-refractivity contribution is 7.09. The maximum atomic E-state index is 12.3. The van der Waals surface area contributed by atoms with E-state index in [1.54, 1.807) is 18.4 Å². The molecule has 1 amide bonds. The van der Waals surface area contributed by atoms with Crippen molar-refractivity contribution in [1.82, 2.24) is 20.0 Å². The van der Waals surface area contributed by atoms with Crippen LogP contribution in [0, 0.1) is 0 Å². The van der Waals surface area contributed by atoms with E-state index in [0.717, 1.165) is 32.5 Å². The highest BCUT2D eigenvalue weighted by Crippen LogP contribution is 2.17. The molecular formula is C16H20N4O2S. The third-order valence-electron chi connectivity index (χ3n) is 3.99. The molecule has 0 spiro atoms. The number of hydrogen-bond acceptors (Lipinski definition) is 5. The normalized spacial score (nSPS) is 18.7. The Bertz CT molecular complexity index is 726. The van der Waals surface area contributed by atoms with Gasteiger partial charge in [-0.25, -0.2) is 4.68 Å². The monoisotopic (exact) mass is 332 g/mol. The van der Waals surface area contributed by atoms with E-state index in [0.29, 0.717) is 0 Å². The second-order valence-corrected chi connectivity index (χ2v) is 6.84. The van der Waals surface area contributed by atoms with Crippen molar-refractivity contribution in [3.8, 4) is 0 Å². The summed E-state index contributed by atoms with van der Waals surface area (Å²) in [5.74, 6) is -0.219. The van der Waals surface area contributed by atoms with Crippen LogP contribution >= 0.6 is 11.3 Å². The van der Waals surface area contributed by atoms with Crippen LogP contribution in [0.4, 0.5) is 0 Å². The third-order valence-corrected chi connectivity index (χ3v) is 4.85. The zero-order chi connectivity index (χ0) is 16.2. The van der Waals surface area contributed by atoms with Gasteiger partial charge in [0.25, 0.3) is 11.5 Å². The molecule has 1 saturated heterocycles. The minimum absolute atomic E-state index is 0.121. The molecule has 122 valence electrons. The molecule has 3 heterocycles. The second-order valence-electron chi connectivity index (χ2n) is 5.81. The van der Waals surface area contributed by atoms with Gasteiger partial charge in [0.05, 0.1) is 0 Å². The molecule has 1 fully saturated rings. The average molecular weight is 332 g/mol. The molecule has 1 N–H and O–H groups in total. The number of hydrogen-bond donors (Lipinski definition) is 1. The Kier molecular flexibility index (Phi) is 4.88. The Morgan fingerprint density at radius 3 is 3.04 bits per heavy atom. The molecule has 23 heavy (non-hydrogen) atoms. The molecule has 2 aromatic heterocycles. The van der Waals surface area contributed by atoms with Crippen molar-refractivity contribution in [2.24, 2.45) is 7.05 Å². The zero-order valence-corrected chi connectivity index (χ0v) is 13.9. The lowest BCUT2D eigenvalue weighted by molar-refractivity contribution is 0.0894. The smallest absolute Gasteiger partial charge is 0.271 e. The number of thiophene rings is 1. The van der Waals surface area contributed by atoms with Crippen LogP contribution in [0.2, 0.25) is 0 Å². The fraction of sp³-hybridized carbons (Fsp3) is 0.438. The topological polar surface area (TPSA) is 67.2 Å². The zero-order valence-electron chi connectivity index (χ0n) is 13.1. The van der Waals surface area contributed by atoms with E-state index in [4.69, 9.17) is 0 Å². The van der Waals surface area contributed by atoms with Gasteiger partial charge in [-0.05, 0) is 36.9 Å². The average Bonchev–Trinajstić information content (AvgIpc) is 3.03. The van der Waals surface area contributed by atoms with Crippen molar-refractivity contribution >= 4 is 17.2 Å². The summed E-state index contributed by atoms with van der Waals surface area (Å²) in [4.78, 5) is 27.3. The lowest BCUT2D eigenvalue weighted by Gasteiger charge is -2.32. The van der Waals surface area contributed by atoms with Crippen LogP contribution in [0.3, 0.4) is 0 Å². The van der Waals surface area contributed by atoms with E-state index in [9.17, 15) is 9.59 Å². The van der Waals surface area contributed by atoms with E-state index >= 15 is 0 Å². The summed E-state index contributed by atoms with van der Waals surface area (Å²) in [6.45, 7) is 2.83. The Morgan fingerprint density at radius 2 is 2.30 bits per heavy atom. The Morgan fingerprint density at radius 1 is 1.43 bits per heavy atom. The number of nitrogens with zero attached hydrogens (tertiary/aromatic N) is 3. The maximum Gasteiger partial charge on any atom is 0.271 e. The highest BCUT2D eigenvalue weighted by Gasteiger charge is 2.22. The van der Waals surface area contributed by atoms with E-state index in [-0.39, 0.29) is 23.2 Å². The van der Waals surface area contributed by atoms with Gasteiger partial charge in [-0.15, -0.1) is 11.3 Å². The lowest BCUT2D eigenvalue weighted by atomic mass is 10.1. The summed E-state index contributed by atoms with van der Waals surface area (Å²) in [5, 5.41) is 9.12. The van der Waals surface area contributed by atoms with Gasteiger partial charge in [0.15, 0.2) is 0 Å². The Hall–Kier alpha value is -1.99. The van der Waals surface area contributed by atoms with Crippen molar-refractivity contribution in [3.05, 3.63) is 50.6 Å². The molecule has 0 radical (unpaired) electrons. The number of amides is 1. The van der Waals surface area contributed by atoms with Crippen molar-refractivity contribution in [1.29, 1.82) is 0 Å². The van der Waals surface area contributed by atoms with Crippen LogP contribution in [-0.2, 0) is 13.6 Å². The van der Waals surface area contributed by atoms with Crippen LogP contribution in [0.25, 0.3) is 0 Å². The molecule has 1 aliphatic heterocycles. The summed E-state index contributed by atoms with van der Waals surface area (Å²) >= 11 is 1.76. The van der Waals surface area contributed by atoms with Crippen LogP contribution < -0.4 is 10.9 Å². The van der Waals surface area contributed by atoms with Crippen LogP contribution in [0.15, 0.2) is 34.4 Å². The summed E-state index contributed by atoms with van der Waals surface area (Å²) in [6, 6.07) is 7.17. The maximum absolute atomic E-state index is 12.3. The van der Waals surface area contributed by atoms with Gasteiger partial charge in [0.2, 0.25) is 0 Å². The first-order valence-corrected chi connectivity index (χ1v) is 8.60. The number of piperidine rings is 1. The van der Waals surface area contributed by atoms with Crippen LogP contribution in [0.1, 0.15) is 28.2 Å². The predicted molar refractivity (Wildman–Crippen MR) is 89.6 cm³/mol. The SMILES string of the molecule is Cn1nc(C(=O)N[C@@H]2CCCN(Cc3cccs3)C2)ccc1=O. The molecular weight excluding hydrogens is 312 g/mol.